The number of nitrogens with one attached hydrogen (secondary N) is 2. The minimum Gasteiger partial charge on any atom is -0.465 e. The monoisotopic (exact) mass is 652 g/mol. The van der Waals surface area contributed by atoms with Gasteiger partial charge in [0.25, 0.3) is 5.56 Å². The van der Waals surface area contributed by atoms with Gasteiger partial charge in [-0.25, -0.2) is 9.36 Å². The molecule has 1 aromatic heterocycles. The van der Waals surface area contributed by atoms with E-state index in [-0.39, 0.29) is 25.2 Å². The Balaban J connectivity index is 2.13. The molecule has 0 saturated carbocycles. The number of aromatic amines is 1. The molecule has 1 aliphatic rings. The number of aromatic nitrogens is 2. The molecule has 1 fully saturated rings. The van der Waals surface area contributed by atoms with Gasteiger partial charge in [-0.3, -0.25) is 33.3 Å². The van der Waals surface area contributed by atoms with Crippen LogP contribution in [0.5, 0.6) is 5.75 Å². The molecule has 2 N–H and O–H groups in total. The van der Waals surface area contributed by atoms with Gasteiger partial charge in [0.05, 0.1) is 13.2 Å². The van der Waals surface area contributed by atoms with Crippen molar-refractivity contribution in [3.8, 4) is 5.75 Å². The largest absolute Gasteiger partial charge is 0.465 e. The van der Waals surface area contributed by atoms with E-state index in [2.05, 4.69) is 15.1 Å². The molecule has 2 aromatic rings. The highest BCUT2D eigenvalue weighted by atomic mass is 31.2. The van der Waals surface area contributed by atoms with Crippen LogP contribution in [0.4, 0.5) is 0 Å². The number of H-pyrrole nitrogens is 1. The molecule has 1 saturated heterocycles. The second-order valence-electron chi connectivity index (χ2n) is 9.41. The van der Waals surface area contributed by atoms with Gasteiger partial charge in [0, 0.05) is 30.0 Å². The van der Waals surface area contributed by atoms with Crippen molar-refractivity contribution in [1.29, 1.82) is 0 Å². The molecule has 19 heteroatoms. The highest BCUT2D eigenvalue weighted by molar-refractivity contribution is 7.52. The zero-order valence-corrected chi connectivity index (χ0v) is 25.7. The Morgan fingerprint density at radius 3 is 2.40 bits per heavy atom. The summed E-state index contributed by atoms with van der Waals surface area (Å²) in [6, 6.07) is 7.46. The molecule has 1 aliphatic heterocycles. The highest BCUT2D eigenvalue weighted by Gasteiger charge is 2.61. The van der Waals surface area contributed by atoms with E-state index in [0.717, 1.165) is 16.8 Å². The number of benzene rings is 1. The van der Waals surface area contributed by atoms with E-state index < -0.39 is 73.7 Å². The summed E-state index contributed by atoms with van der Waals surface area (Å²) in [7, 11) is -4.60. The van der Waals surface area contributed by atoms with Crippen LogP contribution in [0.15, 0.2) is 57.3 Å². The first-order valence-corrected chi connectivity index (χ1v) is 15.3. The van der Waals surface area contributed by atoms with Gasteiger partial charge in [0.2, 0.25) is 5.72 Å². The number of rotatable bonds is 15. The number of carbonyl (C=O) groups excluding carboxylic acids is 3. The average Bonchev–Trinajstić information content (AvgIpc) is 3.28. The first-order chi connectivity index (χ1) is 21.4. The average molecular weight is 653 g/mol. The Hall–Kier alpha value is -4.47. The number of carbonyl (C=O) groups is 3. The predicted molar refractivity (Wildman–Crippen MR) is 154 cm³/mol. The summed E-state index contributed by atoms with van der Waals surface area (Å²) < 4.78 is 48.2. The summed E-state index contributed by atoms with van der Waals surface area (Å²) in [5, 5.41) is 6.11. The molecule has 2 heterocycles. The first kappa shape index (κ1) is 35.0. The third kappa shape index (κ3) is 8.80. The molecule has 18 nitrogen and oxygen atoms in total. The Kier molecular flexibility index (Phi) is 12.1. The molecule has 244 valence electrons. The third-order valence-electron chi connectivity index (χ3n) is 6.19. The summed E-state index contributed by atoms with van der Waals surface area (Å²) in [5.74, 6) is -2.41. The molecule has 1 aromatic carbocycles. The van der Waals surface area contributed by atoms with Gasteiger partial charge >= 0.3 is 31.3 Å². The fourth-order valence-electron chi connectivity index (χ4n) is 4.08. The van der Waals surface area contributed by atoms with E-state index in [1.807, 2.05) is 4.98 Å². The number of azide groups is 1. The van der Waals surface area contributed by atoms with E-state index in [4.69, 9.17) is 28.0 Å². The van der Waals surface area contributed by atoms with Crippen LogP contribution in [-0.4, -0.2) is 64.6 Å². The van der Waals surface area contributed by atoms with Crippen LogP contribution in [0.25, 0.3) is 10.4 Å². The fraction of sp³-hybridized carbons (Fsp3) is 0.500. The molecule has 0 amide bonds. The SMILES string of the molecule is CCOC(=O)[C@H](C)NP(=O)(OC[C@@]1(N=[N+]=[N-])O[C@@H](n2ccc(=O)[nH]c2=O)[C@H](OC(=O)CC)[C@@H]1OC(=O)CC)Oc1ccccc1. The molecule has 0 radical (unpaired) electrons. The van der Waals surface area contributed by atoms with Gasteiger partial charge in [0.1, 0.15) is 11.8 Å². The summed E-state index contributed by atoms with van der Waals surface area (Å²) in [6.45, 7) is 4.87. The van der Waals surface area contributed by atoms with Crippen molar-refractivity contribution in [1.82, 2.24) is 14.6 Å². The number of hydrogen-bond acceptors (Lipinski definition) is 13. The lowest BCUT2D eigenvalue weighted by Crippen LogP contribution is -2.49. The van der Waals surface area contributed by atoms with E-state index >= 15 is 0 Å². The molecular formula is C26H33N6O12P. The molecule has 6 atom stereocenters. The van der Waals surface area contributed by atoms with E-state index in [0.29, 0.717) is 0 Å². The van der Waals surface area contributed by atoms with Crippen molar-refractivity contribution in [2.75, 3.05) is 13.2 Å². The van der Waals surface area contributed by atoms with Crippen LogP contribution in [0.2, 0.25) is 0 Å². The molecule has 45 heavy (non-hydrogen) atoms. The lowest BCUT2D eigenvalue weighted by Gasteiger charge is -2.31. The van der Waals surface area contributed by atoms with Gasteiger partial charge in [-0.15, -0.1) is 0 Å². The van der Waals surface area contributed by atoms with Crippen LogP contribution in [0.1, 0.15) is 46.8 Å². The molecule has 3 rings (SSSR count). The normalized spacial score (nSPS) is 22.7. The molecule has 0 spiro atoms. The second kappa shape index (κ2) is 15.5. The van der Waals surface area contributed by atoms with Crippen molar-refractivity contribution in [2.45, 2.75) is 70.7 Å². The van der Waals surface area contributed by atoms with Gasteiger partial charge in [-0.1, -0.05) is 37.2 Å². The lowest BCUT2D eigenvalue weighted by molar-refractivity contribution is -0.172. The van der Waals surface area contributed by atoms with Crippen molar-refractivity contribution in [3.05, 3.63) is 73.9 Å². The van der Waals surface area contributed by atoms with Crippen molar-refractivity contribution < 1.29 is 46.9 Å². The van der Waals surface area contributed by atoms with E-state index in [9.17, 15) is 34.1 Å². The molecule has 0 aliphatic carbocycles. The minimum atomic E-state index is -4.60. The van der Waals surface area contributed by atoms with E-state index in [1.54, 1.807) is 25.1 Å². The van der Waals surface area contributed by atoms with E-state index in [1.165, 1.54) is 32.9 Å². The van der Waals surface area contributed by atoms with Gasteiger partial charge in [-0.05, 0) is 31.5 Å². The minimum absolute atomic E-state index is 0.0250. The highest BCUT2D eigenvalue weighted by Crippen LogP contribution is 2.49. The van der Waals surface area contributed by atoms with Crippen molar-refractivity contribution in [3.63, 3.8) is 0 Å². The summed E-state index contributed by atoms with van der Waals surface area (Å²) in [5.41, 5.74) is 5.37. The number of para-hydroxylation sites is 1. The fourth-order valence-corrected chi connectivity index (χ4v) is 5.59. The zero-order chi connectivity index (χ0) is 33.2. The topological polar surface area (TPSA) is 239 Å². The number of ether oxygens (including phenoxy) is 4. The summed E-state index contributed by atoms with van der Waals surface area (Å²) in [4.78, 5) is 66.8. The Morgan fingerprint density at radius 2 is 1.80 bits per heavy atom. The van der Waals surface area contributed by atoms with Crippen LogP contribution in [0, 0.1) is 0 Å². The Morgan fingerprint density at radius 1 is 1.13 bits per heavy atom. The van der Waals surface area contributed by atoms with Gasteiger partial charge in [-0.2, -0.15) is 5.09 Å². The molecular weight excluding hydrogens is 619 g/mol. The third-order valence-corrected chi connectivity index (χ3v) is 7.82. The lowest BCUT2D eigenvalue weighted by atomic mass is 10.0. The van der Waals surface area contributed by atoms with Crippen LogP contribution in [0.3, 0.4) is 0 Å². The zero-order valence-electron chi connectivity index (χ0n) is 24.8. The molecule has 0 bridgehead atoms. The first-order valence-electron chi connectivity index (χ1n) is 13.8. The Labute approximate surface area is 256 Å². The predicted octanol–water partition coefficient (Wildman–Crippen LogP) is 2.46. The van der Waals surface area contributed by atoms with Gasteiger partial charge < -0.3 is 23.5 Å². The van der Waals surface area contributed by atoms with Crippen LogP contribution < -0.4 is 20.9 Å². The quantitative estimate of drug-likeness (QED) is 0.0703. The second-order valence-corrected chi connectivity index (χ2v) is 11.1. The van der Waals surface area contributed by atoms with Crippen LogP contribution in [-0.2, 0) is 42.4 Å². The summed E-state index contributed by atoms with van der Waals surface area (Å²) >= 11 is 0. The number of esters is 3. The number of hydrogen-bond donors (Lipinski definition) is 2. The maximum Gasteiger partial charge on any atom is 0.459 e. The maximum atomic E-state index is 14.1. The standard InChI is InChI=1S/C26H33N6O12P/c1-5-19(34)41-21-22(42-20(35)6-2)26(30-31-27,43-23(21)32-14-13-18(33)28-25(32)37)15-40-45(38,29-16(4)24(36)39-7-3)44-17-11-9-8-10-12-17/h8-14,16,21-23H,5-7,15H2,1-4H3,(H,29,38)(H,28,33,37)/t16-,21+,22-,23+,26+,45?/m0/s1. The van der Waals surface area contributed by atoms with Crippen molar-refractivity contribution in [2.24, 2.45) is 5.11 Å². The maximum absolute atomic E-state index is 14.1. The molecule has 1 unspecified atom stereocenters. The van der Waals surface area contributed by atoms with Crippen molar-refractivity contribution >= 4 is 25.7 Å². The Bertz CT molecular complexity index is 1580. The smallest absolute Gasteiger partial charge is 0.459 e. The number of nitrogens with zero attached hydrogens (tertiary/aromatic N) is 4. The van der Waals surface area contributed by atoms with Gasteiger partial charge in [0.15, 0.2) is 18.4 Å². The summed E-state index contributed by atoms with van der Waals surface area (Å²) in [6.07, 6.45) is -4.40. The van der Waals surface area contributed by atoms with Crippen LogP contribution >= 0.6 is 7.75 Å².